The van der Waals surface area contributed by atoms with Gasteiger partial charge in [0, 0.05) is 48.4 Å². The van der Waals surface area contributed by atoms with Crippen molar-refractivity contribution >= 4 is 22.6 Å². The van der Waals surface area contributed by atoms with Gasteiger partial charge in [-0.25, -0.2) is 9.97 Å². The van der Waals surface area contributed by atoms with Gasteiger partial charge in [-0.15, -0.1) is 0 Å². The monoisotopic (exact) mass is 470 g/mol. The molecule has 35 heavy (non-hydrogen) atoms. The third-order valence-corrected chi connectivity index (χ3v) is 6.51. The van der Waals surface area contributed by atoms with Crippen molar-refractivity contribution in [3.63, 3.8) is 0 Å². The molecule has 0 aliphatic heterocycles. The standard InChI is InChI=1S/C27H30N6O2/c1-5-27(3,21-8-6-7-19-20(26(35)28-4)11-12-29-25(19)21)15-31-24-13-23(32-16-33-24)18-9-10-22(17(2)34)30-14-18/h6-14,16-17,34H,5,15H2,1-4H3,(H,28,35)(H,31,32,33). The number of para-hydroxylation sites is 1. The summed E-state index contributed by atoms with van der Waals surface area (Å²) in [6, 6.07) is 13.3. The van der Waals surface area contributed by atoms with Crippen LogP contribution in [0.1, 0.15) is 54.9 Å². The fourth-order valence-corrected chi connectivity index (χ4v) is 4.11. The molecule has 2 unspecified atom stereocenters. The average Bonchev–Trinajstić information content (AvgIpc) is 2.90. The van der Waals surface area contributed by atoms with Crippen molar-refractivity contribution in [1.82, 2.24) is 25.3 Å². The molecular formula is C27H30N6O2. The van der Waals surface area contributed by atoms with Crippen LogP contribution in [0, 0.1) is 0 Å². The highest BCUT2D eigenvalue weighted by atomic mass is 16.3. The average molecular weight is 471 g/mol. The van der Waals surface area contributed by atoms with Crippen LogP contribution in [0.2, 0.25) is 0 Å². The Balaban J connectivity index is 1.61. The molecule has 0 spiro atoms. The topological polar surface area (TPSA) is 113 Å². The Morgan fingerprint density at radius 2 is 1.94 bits per heavy atom. The second-order valence-electron chi connectivity index (χ2n) is 8.84. The van der Waals surface area contributed by atoms with Gasteiger partial charge in [0.05, 0.1) is 28.6 Å². The molecule has 0 radical (unpaired) electrons. The molecule has 0 saturated carbocycles. The number of hydrogen-bond acceptors (Lipinski definition) is 7. The van der Waals surface area contributed by atoms with Crippen LogP contribution in [0.15, 0.2) is 61.2 Å². The zero-order chi connectivity index (χ0) is 25.0. The molecule has 0 fully saturated rings. The quantitative estimate of drug-likeness (QED) is 0.352. The van der Waals surface area contributed by atoms with Crippen LogP contribution in [0.3, 0.4) is 0 Å². The van der Waals surface area contributed by atoms with Crippen molar-refractivity contribution in [2.45, 2.75) is 38.7 Å². The highest BCUT2D eigenvalue weighted by Gasteiger charge is 2.28. The maximum atomic E-state index is 12.4. The Morgan fingerprint density at radius 1 is 1.11 bits per heavy atom. The number of pyridine rings is 2. The van der Waals surface area contributed by atoms with Crippen molar-refractivity contribution in [3.8, 4) is 11.3 Å². The van der Waals surface area contributed by atoms with Gasteiger partial charge in [-0.1, -0.05) is 32.0 Å². The minimum atomic E-state index is -0.616. The Bertz CT molecular complexity index is 1340. The van der Waals surface area contributed by atoms with Gasteiger partial charge in [0.2, 0.25) is 0 Å². The third kappa shape index (κ3) is 4.97. The maximum absolute atomic E-state index is 12.4. The summed E-state index contributed by atoms with van der Waals surface area (Å²) in [7, 11) is 1.63. The second kappa shape index (κ2) is 10.1. The summed E-state index contributed by atoms with van der Waals surface area (Å²) in [5.74, 6) is 0.573. The summed E-state index contributed by atoms with van der Waals surface area (Å²) >= 11 is 0. The van der Waals surface area contributed by atoms with Crippen LogP contribution in [0.5, 0.6) is 0 Å². The van der Waals surface area contributed by atoms with Crippen LogP contribution >= 0.6 is 0 Å². The van der Waals surface area contributed by atoms with Gasteiger partial charge >= 0.3 is 0 Å². The number of benzene rings is 1. The van der Waals surface area contributed by atoms with Crippen LogP contribution in [0.25, 0.3) is 22.2 Å². The first-order chi connectivity index (χ1) is 16.9. The molecule has 3 heterocycles. The molecule has 3 N–H and O–H groups in total. The van der Waals surface area contributed by atoms with Crippen LogP contribution < -0.4 is 10.6 Å². The number of nitrogens with zero attached hydrogens (tertiary/aromatic N) is 4. The molecule has 180 valence electrons. The smallest absolute Gasteiger partial charge is 0.251 e. The van der Waals surface area contributed by atoms with Crippen LogP contribution in [-0.2, 0) is 5.41 Å². The molecule has 0 bridgehead atoms. The number of hydrogen-bond donors (Lipinski definition) is 3. The third-order valence-electron chi connectivity index (χ3n) is 6.51. The van der Waals surface area contributed by atoms with Crippen molar-refractivity contribution in [2.24, 2.45) is 0 Å². The van der Waals surface area contributed by atoms with E-state index < -0.39 is 6.10 Å². The van der Waals surface area contributed by atoms with E-state index in [1.165, 1.54) is 6.33 Å². The highest BCUT2D eigenvalue weighted by molar-refractivity contribution is 6.06. The number of anilines is 1. The van der Waals surface area contributed by atoms with E-state index in [9.17, 15) is 9.90 Å². The first-order valence-corrected chi connectivity index (χ1v) is 11.7. The lowest BCUT2D eigenvalue weighted by atomic mass is 9.78. The van der Waals surface area contributed by atoms with Gasteiger partial charge < -0.3 is 15.7 Å². The minimum absolute atomic E-state index is 0.129. The fourth-order valence-electron chi connectivity index (χ4n) is 4.11. The molecule has 4 rings (SSSR count). The number of carbonyl (C=O) groups is 1. The van der Waals surface area contributed by atoms with Gasteiger partial charge in [0.25, 0.3) is 5.91 Å². The number of carbonyl (C=O) groups excluding carboxylic acids is 1. The lowest BCUT2D eigenvalue weighted by Crippen LogP contribution is -2.31. The number of aliphatic hydroxyl groups is 1. The summed E-state index contributed by atoms with van der Waals surface area (Å²) in [4.78, 5) is 30.1. The molecule has 8 nitrogen and oxygen atoms in total. The first kappa shape index (κ1) is 24.2. The largest absolute Gasteiger partial charge is 0.387 e. The number of rotatable bonds is 8. The molecule has 0 aliphatic rings. The number of aliphatic hydroxyl groups excluding tert-OH is 1. The van der Waals surface area contributed by atoms with Crippen molar-refractivity contribution < 1.29 is 9.90 Å². The zero-order valence-corrected chi connectivity index (χ0v) is 20.4. The molecule has 2 atom stereocenters. The Labute approximate surface area is 204 Å². The summed E-state index contributed by atoms with van der Waals surface area (Å²) in [5.41, 5.74) is 4.45. The number of fused-ring (bicyclic) bond motifs is 1. The number of nitrogens with one attached hydrogen (secondary N) is 2. The predicted molar refractivity (Wildman–Crippen MR) is 137 cm³/mol. The fraction of sp³-hybridized carbons (Fsp3) is 0.296. The molecule has 8 heteroatoms. The van der Waals surface area contributed by atoms with Crippen molar-refractivity contribution in [1.29, 1.82) is 0 Å². The lowest BCUT2D eigenvalue weighted by molar-refractivity contribution is 0.0964. The summed E-state index contributed by atoms with van der Waals surface area (Å²) in [6.45, 7) is 6.63. The van der Waals surface area contributed by atoms with E-state index in [1.807, 2.05) is 24.3 Å². The molecule has 0 aliphatic carbocycles. The van der Waals surface area contributed by atoms with Gasteiger partial charge in [-0.2, -0.15) is 0 Å². The van der Waals surface area contributed by atoms with E-state index >= 15 is 0 Å². The van der Waals surface area contributed by atoms with Crippen LogP contribution in [-0.4, -0.2) is 44.5 Å². The van der Waals surface area contributed by atoms with Crippen LogP contribution in [0.4, 0.5) is 5.82 Å². The van der Waals surface area contributed by atoms with E-state index in [1.54, 1.807) is 38.5 Å². The Morgan fingerprint density at radius 3 is 2.63 bits per heavy atom. The number of amides is 1. The van der Waals surface area contributed by atoms with Gasteiger partial charge in [-0.3, -0.25) is 14.8 Å². The summed E-state index contributed by atoms with van der Waals surface area (Å²) in [5, 5.41) is 16.7. The Kier molecular flexibility index (Phi) is 7.02. The maximum Gasteiger partial charge on any atom is 0.251 e. The van der Waals surface area contributed by atoms with E-state index in [-0.39, 0.29) is 11.3 Å². The van der Waals surface area contributed by atoms with E-state index in [0.29, 0.717) is 23.6 Å². The summed E-state index contributed by atoms with van der Waals surface area (Å²) < 4.78 is 0. The molecule has 3 aromatic heterocycles. The van der Waals surface area contributed by atoms with Gasteiger partial charge in [-0.05, 0) is 37.1 Å². The van der Waals surface area contributed by atoms with Crippen molar-refractivity contribution in [3.05, 3.63) is 78.0 Å². The highest BCUT2D eigenvalue weighted by Crippen LogP contribution is 2.34. The normalized spacial score (nSPS) is 13.7. The SMILES string of the molecule is CCC(C)(CNc1cc(-c2ccc(C(C)O)nc2)ncn1)c1cccc2c(C(=O)NC)ccnc12. The minimum Gasteiger partial charge on any atom is -0.387 e. The van der Waals surface area contributed by atoms with Gasteiger partial charge in [0.1, 0.15) is 12.1 Å². The predicted octanol–water partition coefficient (Wildman–Crippen LogP) is 4.28. The molecule has 4 aromatic rings. The summed E-state index contributed by atoms with van der Waals surface area (Å²) in [6.07, 6.45) is 5.16. The van der Waals surface area contributed by atoms with Crippen molar-refractivity contribution in [2.75, 3.05) is 18.9 Å². The second-order valence-corrected chi connectivity index (χ2v) is 8.84. The lowest BCUT2D eigenvalue weighted by Gasteiger charge is -2.30. The molecule has 1 amide bonds. The number of aromatic nitrogens is 4. The molecular weight excluding hydrogens is 440 g/mol. The van der Waals surface area contributed by atoms with E-state index in [2.05, 4.69) is 50.5 Å². The van der Waals surface area contributed by atoms with E-state index in [0.717, 1.165) is 34.1 Å². The Hall–Kier alpha value is -3.91. The zero-order valence-electron chi connectivity index (χ0n) is 20.4. The van der Waals surface area contributed by atoms with Gasteiger partial charge in [0.15, 0.2) is 0 Å². The molecule has 0 saturated heterocycles. The first-order valence-electron chi connectivity index (χ1n) is 11.7. The van der Waals surface area contributed by atoms with E-state index in [4.69, 9.17) is 0 Å². The molecule has 1 aromatic carbocycles.